The first-order valence-corrected chi connectivity index (χ1v) is 8.08. The van der Waals surface area contributed by atoms with Gasteiger partial charge in [-0.25, -0.2) is 14.2 Å². The monoisotopic (exact) mass is 346 g/mol. The van der Waals surface area contributed by atoms with E-state index in [0.717, 1.165) is 17.0 Å². The largest absolute Gasteiger partial charge is 0.477 e. The molecule has 8 heteroatoms. The fraction of sp³-hybridized carbons (Fsp3) is 0.188. The molecule has 0 atom stereocenters. The maximum Gasteiger partial charge on any atom is 0.347 e. The number of aryl methyl sites for hydroxylation is 1. The topological polar surface area (TPSA) is 80.0 Å². The molecular formula is C16H15FN4O2S. The van der Waals surface area contributed by atoms with Crippen LogP contribution in [0.4, 0.5) is 10.1 Å². The van der Waals surface area contributed by atoms with Crippen molar-refractivity contribution in [1.29, 1.82) is 0 Å². The zero-order chi connectivity index (χ0) is 17.1. The smallest absolute Gasteiger partial charge is 0.347 e. The molecule has 1 aromatic carbocycles. The molecule has 0 aliphatic carbocycles. The minimum Gasteiger partial charge on any atom is -0.477 e. The summed E-state index contributed by atoms with van der Waals surface area (Å²) in [6.07, 6.45) is 1.82. The maximum absolute atomic E-state index is 12.8. The van der Waals surface area contributed by atoms with Crippen molar-refractivity contribution in [3.63, 3.8) is 0 Å². The molecule has 24 heavy (non-hydrogen) atoms. The molecule has 0 radical (unpaired) electrons. The van der Waals surface area contributed by atoms with Crippen LogP contribution in [0.15, 0.2) is 36.5 Å². The van der Waals surface area contributed by atoms with Crippen molar-refractivity contribution in [1.82, 2.24) is 14.8 Å². The molecule has 0 unspecified atom stereocenters. The number of aromatic carboxylic acids is 1. The standard InChI is InChI=1S/C16H15FN4O2S/c1-10-14(16(22)23)24-15(19-10)13-6-8-21(20-13)9-7-18-12-4-2-11(17)3-5-12/h2-6,8,18H,7,9H2,1H3,(H,22,23). The van der Waals surface area contributed by atoms with Gasteiger partial charge in [0.2, 0.25) is 0 Å². The van der Waals surface area contributed by atoms with Crippen LogP contribution < -0.4 is 5.32 Å². The van der Waals surface area contributed by atoms with Gasteiger partial charge in [0.1, 0.15) is 21.4 Å². The molecule has 0 fully saturated rings. The Morgan fingerprint density at radius 3 is 2.75 bits per heavy atom. The molecular weight excluding hydrogens is 331 g/mol. The number of carbonyl (C=O) groups is 1. The molecule has 2 heterocycles. The van der Waals surface area contributed by atoms with E-state index in [1.165, 1.54) is 12.1 Å². The molecule has 0 aliphatic rings. The Balaban J connectivity index is 1.62. The number of hydrogen-bond donors (Lipinski definition) is 2. The van der Waals surface area contributed by atoms with Crippen LogP contribution in [0.3, 0.4) is 0 Å². The predicted octanol–water partition coefficient (Wildman–Crippen LogP) is 3.26. The molecule has 0 aliphatic heterocycles. The van der Waals surface area contributed by atoms with Crippen LogP contribution >= 0.6 is 11.3 Å². The van der Waals surface area contributed by atoms with Gasteiger partial charge in [0.25, 0.3) is 0 Å². The number of benzene rings is 1. The van der Waals surface area contributed by atoms with E-state index in [1.54, 1.807) is 23.7 Å². The van der Waals surface area contributed by atoms with E-state index < -0.39 is 5.97 Å². The second kappa shape index (κ2) is 6.79. The number of nitrogens with zero attached hydrogens (tertiary/aromatic N) is 3. The van der Waals surface area contributed by atoms with Crippen molar-refractivity contribution in [3.05, 3.63) is 52.9 Å². The summed E-state index contributed by atoms with van der Waals surface area (Å²) in [5.41, 5.74) is 1.98. The number of thiazole rings is 1. The normalized spacial score (nSPS) is 10.8. The second-order valence-electron chi connectivity index (χ2n) is 5.14. The van der Waals surface area contributed by atoms with E-state index in [-0.39, 0.29) is 10.7 Å². The molecule has 3 rings (SSSR count). The van der Waals surface area contributed by atoms with E-state index in [0.29, 0.717) is 29.5 Å². The number of carboxylic acid groups (broad SMARTS) is 1. The third-order valence-electron chi connectivity index (χ3n) is 3.36. The molecule has 124 valence electrons. The summed E-state index contributed by atoms with van der Waals surface area (Å²) in [7, 11) is 0. The molecule has 0 amide bonds. The van der Waals surface area contributed by atoms with Gasteiger partial charge in [0, 0.05) is 18.4 Å². The van der Waals surface area contributed by atoms with Gasteiger partial charge in [-0.1, -0.05) is 0 Å². The van der Waals surface area contributed by atoms with Crippen LogP contribution in [0.1, 0.15) is 15.4 Å². The first kappa shape index (κ1) is 16.1. The van der Waals surface area contributed by atoms with E-state index in [4.69, 9.17) is 5.11 Å². The molecule has 0 saturated carbocycles. The van der Waals surface area contributed by atoms with Crippen molar-refractivity contribution in [2.24, 2.45) is 0 Å². The summed E-state index contributed by atoms with van der Waals surface area (Å²) >= 11 is 1.12. The van der Waals surface area contributed by atoms with Crippen LogP contribution in [0.5, 0.6) is 0 Å². The van der Waals surface area contributed by atoms with Gasteiger partial charge < -0.3 is 10.4 Å². The maximum atomic E-state index is 12.8. The molecule has 6 nitrogen and oxygen atoms in total. The van der Waals surface area contributed by atoms with E-state index in [9.17, 15) is 9.18 Å². The van der Waals surface area contributed by atoms with Crippen LogP contribution in [0.2, 0.25) is 0 Å². The quantitative estimate of drug-likeness (QED) is 0.716. The number of halogens is 1. The molecule has 0 spiro atoms. The zero-order valence-electron chi connectivity index (χ0n) is 12.9. The zero-order valence-corrected chi connectivity index (χ0v) is 13.7. The van der Waals surface area contributed by atoms with Gasteiger partial charge in [-0.05, 0) is 37.3 Å². The van der Waals surface area contributed by atoms with Gasteiger partial charge >= 0.3 is 5.97 Å². The van der Waals surface area contributed by atoms with E-state index >= 15 is 0 Å². The summed E-state index contributed by atoms with van der Waals surface area (Å²) in [5, 5.41) is 17.3. The van der Waals surface area contributed by atoms with Gasteiger partial charge in [-0.3, -0.25) is 4.68 Å². The minimum atomic E-state index is -0.973. The van der Waals surface area contributed by atoms with Gasteiger partial charge in [0.15, 0.2) is 0 Å². The van der Waals surface area contributed by atoms with Crippen LogP contribution in [0, 0.1) is 12.7 Å². The van der Waals surface area contributed by atoms with Crippen molar-refractivity contribution < 1.29 is 14.3 Å². The SMILES string of the molecule is Cc1nc(-c2ccn(CCNc3ccc(F)cc3)n2)sc1C(=O)O. The highest BCUT2D eigenvalue weighted by Crippen LogP contribution is 2.26. The number of anilines is 1. The van der Waals surface area contributed by atoms with Crippen molar-refractivity contribution in [2.45, 2.75) is 13.5 Å². The Morgan fingerprint density at radius 1 is 1.33 bits per heavy atom. The Hall–Kier alpha value is -2.74. The van der Waals surface area contributed by atoms with Crippen molar-refractivity contribution >= 4 is 23.0 Å². The highest BCUT2D eigenvalue weighted by Gasteiger charge is 2.16. The molecule has 0 bridgehead atoms. The van der Waals surface area contributed by atoms with Gasteiger partial charge in [-0.2, -0.15) is 5.10 Å². The number of aromatic nitrogens is 3. The molecule has 2 N–H and O–H groups in total. The van der Waals surface area contributed by atoms with Crippen LogP contribution in [0.25, 0.3) is 10.7 Å². The Morgan fingerprint density at radius 2 is 2.08 bits per heavy atom. The van der Waals surface area contributed by atoms with Crippen molar-refractivity contribution in [3.8, 4) is 10.7 Å². The van der Waals surface area contributed by atoms with Crippen molar-refractivity contribution in [2.75, 3.05) is 11.9 Å². The summed E-state index contributed by atoms with van der Waals surface area (Å²) in [5.74, 6) is -1.24. The highest BCUT2D eigenvalue weighted by molar-refractivity contribution is 7.17. The first-order chi connectivity index (χ1) is 11.5. The van der Waals surface area contributed by atoms with Gasteiger partial charge in [-0.15, -0.1) is 11.3 Å². The number of carboxylic acids is 1. The summed E-state index contributed by atoms with van der Waals surface area (Å²) in [6, 6.07) is 7.96. The van der Waals surface area contributed by atoms with Crippen LogP contribution in [-0.2, 0) is 6.54 Å². The summed E-state index contributed by atoms with van der Waals surface area (Å²) in [6.45, 7) is 2.92. The molecule has 2 aromatic heterocycles. The number of nitrogens with one attached hydrogen (secondary N) is 1. The lowest BCUT2D eigenvalue weighted by Crippen LogP contribution is -2.10. The van der Waals surface area contributed by atoms with E-state index in [1.807, 2.05) is 12.3 Å². The minimum absolute atomic E-state index is 0.234. The average molecular weight is 346 g/mol. The summed E-state index contributed by atoms with van der Waals surface area (Å²) < 4.78 is 14.6. The van der Waals surface area contributed by atoms with E-state index in [2.05, 4.69) is 15.4 Å². The lowest BCUT2D eigenvalue weighted by molar-refractivity contribution is 0.0701. The summed E-state index contributed by atoms with van der Waals surface area (Å²) in [4.78, 5) is 15.6. The molecule has 3 aromatic rings. The fourth-order valence-corrected chi connectivity index (χ4v) is 3.06. The number of hydrogen-bond acceptors (Lipinski definition) is 5. The van der Waals surface area contributed by atoms with Gasteiger partial charge in [0.05, 0.1) is 12.2 Å². The lowest BCUT2D eigenvalue weighted by atomic mass is 10.3. The first-order valence-electron chi connectivity index (χ1n) is 7.27. The molecule has 0 saturated heterocycles. The predicted molar refractivity (Wildman–Crippen MR) is 89.9 cm³/mol. The lowest BCUT2D eigenvalue weighted by Gasteiger charge is -2.06. The second-order valence-corrected chi connectivity index (χ2v) is 6.14. The van der Waals surface area contributed by atoms with Crippen LogP contribution in [-0.4, -0.2) is 32.4 Å². The number of rotatable bonds is 6. The third-order valence-corrected chi connectivity index (χ3v) is 4.53. The average Bonchev–Trinajstić information content (AvgIpc) is 3.16. The highest BCUT2D eigenvalue weighted by atomic mass is 32.1. The third kappa shape index (κ3) is 3.60. The fourth-order valence-electron chi connectivity index (χ4n) is 2.19. The Kier molecular flexibility index (Phi) is 4.57. The Labute approximate surface area is 141 Å². The Bertz CT molecular complexity index is 857.